The first-order valence-electron chi connectivity index (χ1n) is 7.76. The Labute approximate surface area is 122 Å². The molecular weight excluding hydrogens is 252 g/mol. The quantitative estimate of drug-likeness (QED) is 0.665. The summed E-state index contributed by atoms with van der Waals surface area (Å²) in [6, 6.07) is 0. The maximum atomic E-state index is 5.10. The van der Waals surface area contributed by atoms with Crippen LogP contribution >= 0.6 is 0 Å². The van der Waals surface area contributed by atoms with Gasteiger partial charge in [0.05, 0.1) is 6.61 Å². The van der Waals surface area contributed by atoms with Gasteiger partial charge in [-0.25, -0.2) is 4.98 Å². The lowest BCUT2D eigenvalue weighted by molar-refractivity contribution is 0.186. The zero-order valence-corrected chi connectivity index (χ0v) is 13.1. The van der Waals surface area contributed by atoms with Gasteiger partial charge in [0.25, 0.3) is 0 Å². The van der Waals surface area contributed by atoms with Crippen LogP contribution in [-0.2, 0) is 17.7 Å². The molecule has 1 aliphatic rings. The van der Waals surface area contributed by atoms with Gasteiger partial charge in [-0.15, -0.1) is 0 Å². The van der Waals surface area contributed by atoms with Crippen LogP contribution in [0, 0.1) is 11.3 Å². The highest BCUT2D eigenvalue weighted by Gasteiger charge is 2.42. The summed E-state index contributed by atoms with van der Waals surface area (Å²) in [6.07, 6.45) is 6.51. The van der Waals surface area contributed by atoms with Crippen LogP contribution in [0.3, 0.4) is 0 Å². The lowest BCUT2D eigenvalue weighted by Crippen LogP contribution is -2.37. The third kappa shape index (κ3) is 4.03. The van der Waals surface area contributed by atoms with Crippen LogP contribution in [0.5, 0.6) is 0 Å². The molecule has 0 aliphatic heterocycles. The first-order valence-corrected chi connectivity index (χ1v) is 7.76. The highest BCUT2D eigenvalue weighted by atomic mass is 16.5. The van der Waals surface area contributed by atoms with Crippen molar-refractivity contribution in [1.82, 2.24) is 20.1 Å². The lowest BCUT2D eigenvalue weighted by atomic mass is 9.81. The summed E-state index contributed by atoms with van der Waals surface area (Å²) in [5.41, 5.74) is 0.284. The molecule has 1 fully saturated rings. The highest BCUT2D eigenvalue weighted by Crippen LogP contribution is 2.46. The van der Waals surface area contributed by atoms with Crippen molar-refractivity contribution in [2.45, 2.75) is 46.1 Å². The molecule has 20 heavy (non-hydrogen) atoms. The number of nitrogens with zero attached hydrogens (tertiary/aromatic N) is 3. The summed E-state index contributed by atoms with van der Waals surface area (Å²) in [5.74, 6) is 1.96. The molecule has 0 aromatic carbocycles. The molecule has 1 aromatic rings. The van der Waals surface area contributed by atoms with Crippen LogP contribution in [-0.4, -0.2) is 41.6 Å². The molecule has 0 radical (unpaired) electrons. The summed E-state index contributed by atoms with van der Waals surface area (Å²) >= 11 is 0. The van der Waals surface area contributed by atoms with Crippen molar-refractivity contribution >= 4 is 0 Å². The second-order valence-corrected chi connectivity index (χ2v) is 6.17. The van der Waals surface area contributed by atoms with Crippen LogP contribution in [0.15, 0.2) is 6.33 Å². The molecule has 5 heteroatoms. The van der Waals surface area contributed by atoms with Crippen molar-refractivity contribution in [3.05, 3.63) is 12.2 Å². The predicted molar refractivity (Wildman–Crippen MR) is 79.6 cm³/mol. The molecule has 0 saturated heterocycles. The van der Waals surface area contributed by atoms with Gasteiger partial charge in [0, 0.05) is 33.2 Å². The van der Waals surface area contributed by atoms with Gasteiger partial charge in [-0.2, -0.15) is 5.10 Å². The third-order valence-corrected chi connectivity index (χ3v) is 4.27. The average molecular weight is 280 g/mol. The van der Waals surface area contributed by atoms with Crippen molar-refractivity contribution in [3.63, 3.8) is 0 Å². The fourth-order valence-electron chi connectivity index (χ4n) is 2.86. The Balaban J connectivity index is 1.95. The minimum Gasteiger partial charge on any atom is -0.383 e. The average Bonchev–Trinajstić information content (AvgIpc) is 3.21. The van der Waals surface area contributed by atoms with E-state index in [1.807, 2.05) is 0 Å². The monoisotopic (exact) mass is 280 g/mol. The predicted octanol–water partition coefficient (Wildman–Crippen LogP) is 1.88. The molecule has 1 unspecified atom stereocenters. The first-order chi connectivity index (χ1) is 9.69. The highest BCUT2D eigenvalue weighted by molar-refractivity contribution is 5.00. The molecule has 1 aliphatic carbocycles. The zero-order valence-electron chi connectivity index (χ0n) is 13.1. The van der Waals surface area contributed by atoms with E-state index in [9.17, 15) is 0 Å². The van der Waals surface area contributed by atoms with E-state index in [0.717, 1.165) is 50.8 Å². The van der Waals surface area contributed by atoms with E-state index in [2.05, 4.69) is 33.9 Å². The molecule has 2 rings (SSSR count). The minimum atomic E-state index is 0.284. The van der Waals surface area contributed by atoms with Crippen molar-refractivity contribution in [2.75, 3.05) is 26.8 Å². The Bertz CT molecular complexity index is 402. The third-order valence-electron chi connectivity index (χ3n) is 4.27. The first kappa shape index (κ1) is 15.4. The van der Waals surface area contributed by atoms with Gasteiger partial charge in [0.15, 0.2) is 0 Å². The van der Waals surface area contributed by atoms with Crippen LogP contribution < -0.4 is 5.32 Å². The molecule has 1 N–H and O–H groups in total. The fraction of sp³-hybridized carbons (Fsp3) is 0.867. The van der Waals surface area contributed by atoms with Gasteiger partial charge >= 0.3 is 0 Å². The second-order valence-electron chi connectivity index (χ2n) is 6.17. The number of hydrogen-bond acceptors (Lipinski definition) is 4. The fourth-order valence-corrected chi connectivity index (χ4v) is 2.86. The Morgan fingerprint density at radius 3 is 2.95 bits per heavy atom. The Kier molecular flexibility index (Phi) is 5.54. The number of methoxy groups -OCH3 is 1. The molecular formula is C15H28N4O. The molecule has 1 atom stereocenters. The standard InChI is InChI=1S/C15H28N4O/c1-4-8-19-14(17-12-18-19)10-15(2,13-5-6-13)11-16-7-9-20-3/h12-13,16H,4-11H2,1-3H3. The molecule has 1 heterocycles. The second kappa shape index (κ2) is 7.18. The van der Waals surface area contributed by atoms with Crippen molar-refractivity contribution < 1.29 is 4.74 Å². The molecule has 0 bridgehead atoms. The number of hydrogen-bond donors (Lipinski definition) is 1. The van der Waals surface area contributed by atoms with Crippen molar-refractivity contribution in [1.29, 1.82) is 0 Å². The van der Waals surface area contributed by atoms with Crippen molar-refractivity contribution in [2.24, 2.45) is 11.3 Å². The largest absolute Gasteiger partial charge is 0.383 e. The molecule has 0 spiro atoms. The van der Waals surface area contributed by atoms with Gasteiger partial charge in [0.2, 0.25) is 0 Å². The maximum Gasteiger partial charge on any atom is 0.138 e. The van der Waals surface area contributed by atoms with Crippen LogP contribution in [0.4, 0.5) is 0 Å². The number of rotatable bonds is 10. The summed E-state index contributed by atoms with van der Waals surface area (Å²) in [5, 5.41) is 7.87. The van der Waals surface area contributed by atoms with Gasteiger partial charge in [-0.3, -0.25) is 4.68 Å². The van der Waals surface area contributed by atoms with Crippen molar-refractivity contribution in [3.8, 4) is 0 Å². The van der Waals surface area contributed by atoms with Gasteiger partial charge < -0.3 is 10.1 Å². The van der Waals surface area contributed by atoms with Crippen LogP contribution in [0.25, 0.3) is 0 Å². The van der Waals surface area contributed by atoms with E-state index in [4.69, 9.17) is 4.74 Å². The molecule has 0 amide bonds. The Morgan fingerprint density at radius 1 is 1.50 bits per heavy atom. The van der Waals surface area contributed by atoms with E-state index in [1.54, 1.807) is 13.4 Å². The summed E-state index contributed by atoms with van der Waals surface area (Å²) in [7, 11) is 1.75. The topological polar surface area (TPSA) is 52.0 Å². The SMILES string of the molecule is CCCn1ncnc1CC(C)(CNCCOC)C1CC1. The number of nitrogens with one attached hydrogen (secondary N) is 1. The number of ether oxygens (including phenoxy) is 1. The summed E-state index contributed by atoms with van der Waals surface area (Å²) in [6.45, 7) is 8.24. The number of aromatic nitrogens is 3. The van der Waals surface area contributed by atoms with Gasteiger partial charge in [-0.05, 0) is 30.6 Å². The molecule has 1 saturated carbocycles. The number of aryl methyl sites for hydroxylation is 1. The zero-order chi connectivity index (χ0) is 14.4. The molecule has 1 aromatic heterocycles. The summed E-state index contributed by atoms with van der Waals surface area (Å²) in [4.78, 5) is 4.47. The van der Waals surface area contributed by atoms with E-state index < -0.39 is 0 Å². The maximum absolute atomic E-state index is 5.10. The van der Waals surface area contributed by atoms with E-state index in [1.165, 1.54) is 12.8 Å². The van der Waals surface area contributed by atoms with Gasteiger partial charge in [0.1, 0.15) is 12.2 Å². The molecule has 5 nitrogen and oxygen atoms in total. The normalized spacial score (nSPS) is 18.1. The lowest BCUT2D eigenvalue weighted by Gasteiger charge is -2.30. The van der Waals surface area contributed by atoms with E-state index in [0.29, 0.717) is 0 Å². The van der Waals surface area contributed by atoms with Crippen LogP contribution in [0.1, 0.15) is 38.9 Å². The summed E-state index contributed by atoms with van der Waals surface area (Å²) < 4.78 is 7.17. The smallest absolute Gasteiger partial charge is 0.138 e. The van der Waals surface area contributed by atoms with E-state index >= 15 is 0 Å². The van der Waals surface area contributed by atoms with Crippen LogP contribution in [0.2, 0.25) is 0 Å². The van der Waals surface area contributed by atoms with E-state index in [-0.39, 0.29) is 5.41 Å². The Hall–Kier alpha value is -0.940. The molecule has 114 valence electrons. The Morgan fingerprint density at radius 2 is 2.30 bits per heavy atom. The van der Waals surface area contributed by atoms with Gasteiger partial charge in [-0.1, -0.05) is 13.8 Å². The minimum absolute atomic E-state index is 0.284.